The van der Waals surface area contributed by atoms with Crippen LogP contribution in [0.5, 0.6) is 0 Å². The molecule has 18 heavy (non-hydrogen) atoms. The van der Waals surface area contributed by atoms with Crippen molar-refractivity contribution in [3.05, 3.63) is 22.7 Å². The van der Waals surface area contributed by atoms with Crippen LogP contribution in [0.25, 0.3) is 0 Å². The topological polar surface area (TPSA) is 67.1 Å². The number of nitrogens with two attached hydrogens (primary N) is 1. The van der Waals surface area contributed by atoms with Gasteiger partial charge in [0.2, 0.25) is 5.91 Å². The molecule has 1 aromatic rings. The highest BCUT2D eigenvalue weighted by molar-refractivity contribution is 6.33. The Morgan fingerprint density at radius 3 is 2.56 bits per heavy atom. The van der Waals surface area contributed by atoms with Crippen LogP contribution in [0, 0.1) is 6.92 Å². The lowest BCUT2D eigenvalue weighted by Crippen LogP contribution is -2.43. The van der Waals surface area contributed by atoms with Crippen molar-refractivity contribution >= 4 is 28.9 Å². The fraction of sp³-hybridized carbons (Fsp3) is 0.462. The molecule has 0 spiro atoms. The van der Waals surface area contributed by atoms with Crippen LogP contribution in [0.2, 0.25) is 5.02 Å². The van der Waals surface area contributed by atoms with Crippen molar-refractivity contribution in [3.63, 3.8) is 0 Å². The molecule has 0 fully saturated rings. The zero-order valence-corrected chi connectivity index (χ0v) is 12.0. The summed E-state index contributed by atoms with van der Waals surface area (Å²) in [6.07, 6.45) is 0. The Hall–Kier alpha value is -1.42. The summed E-state index contributed by atoms with van der Waals surface area (Å²) in [5.74, 6) is -0.0603. The quantitative estimate of drug-likeness (QED) is 0.739. The van der Waals surface area contributed by atoms with Gasteiger partial charge in [0.1, 0.15) is 0 Å². The second-order valence-electron chi connectivity index (χ2n) is 5.34. The van der Waals surface area contributed by atoms with Gasteiger partial charge in [-0.2, -0.15) is 0 Å². The third-order valence-electron chi connectivity index (χ3n) is 2.30. The second-order valence-corrected chi connectivity index (χ2v) is 5.75. The predicted octanol–water partition coefficient (Wildman–Crippen LogP) is 2.56. The van der Waals surface area contributed by atoms with E-state index < -0.39 is 0 Å². The third-order valence-corrected chi connectivity index (χ3v) is 2.62. The van der Waals surface area contributed by atoms with Gasteiger partial charge in [0.25, 0.3) is 0 Å². The van der Waals surface area contributed by atoms with Gasteiger partial charge in [0, 0.05) is 11.2 Å². The van der Waals surface area contributed by atoms with Crippen molar-refractivity contribution in [1.29, 1.82) is 0 Å². The van der Waals surface area contributed by atoms with Crippen LogP contribution >= 0.6 is 11.6 Å². The monoisotopic (exact) mass is 269 g/mol. The number of hydrogen-bond acceptors (Lipinski definition) is 3. The number of rotatable bonds is 3. The van der Waals surface area contributed by atoms with E-state index in [0.29, 0.717) is 10.7 Å². The number of anilines is 2. The molecule has 0 atom stereocenters. The van der Waals surface area contributed by atoms with E-state index >= 15 is 0 Å². The number of carbonyl (C=O) groups is 1. The summed E-state index contributed by atoms with van der Waals surface area (Å²) in [4.78, 5) is 11.7. The first kappa shape index (κ1) is 14.6. The summed E-state index contributed by atoms with van der Waals surface area (Å²) in [6, 6.07) is 3.52. The minimum Gasteiger partial charge on any atom is -0.398 e. The summed E-state index contributed by atoms with van der Waals surface area (Å²) in [5.41, 5.74) is 7.78. The van der Waals surface area contributed by atoms with Gasteiger partial charge in [0.05, 0.1) is 17.3 Å². The molecule has 0 heterocycles. The highest BCUT2D eigenvalue weighted by Crippen LogP contribution is 2.26. The van der Waals surface area contributed by atoms with Crippen molar-refractivity contribution in [1.82, 2.24) is 5.32 Å². The Kier molecular flexibility index (Phi) is 4.46. The molecule has 0 aliphatic rings. The molecule has 4 nitrogen and oxygen atoms in total. The normalized spacial score (nSPS) is 11.2. The molecular weight excluding hydrogens is 250 g/mol. The molecule has 0 unspecified atom stereocenters. The number of benzene rings is 1. The standard InChI is InChI=1S/C13H20ClN3O/c1-8-5-10(15)9(14)6-11(8)16-7-12(18)17-13(2,3)4/h5-6,16H,7,15H2,1-4H3,(H,17,18). The molecule has 0 saturated carbocycles. The fourth-order valence-corrected chi connectivity index (χ4v) is 1.70. The van der Waals surface area contributed by atoms with Gasteiger partial charge in [-0.3, -0.25) is 4.79 Å². The summed E-state index contributed by atoms with van der Waals surface area (Å²) in [5, 5.41) is 6.41. The van der Waals surface area contributed by atoms with Crippen molar-refractivity contribution in [2.75, 3.05) is 17.6 Å². The van der Waals surface area contributed by atoms with Crippen molar-refractivity contribution < 1.29 is 4.79 Å². The van der Waals surface area contributed by atoms with Gasteiger partial charge >= 0.3 is 0 Å². The van der Waals surface area contributed by atoms with Gasteiger partial charge in [-0.1, -0.05) is 11.6 Å². The molecule has 1 amide bonds. The summed E-state index contributed by atoms with van der Waals surface area (Å²) < 4.78 is 0. The Balaban J connectivity index is 2.64. The van der Waals surface area contributed by atoms with Crippen LogP contribution in [-0.4, -0.2) is 18.0 Å². The zero-order valence-electron chi connectivity index (χ0n) is 11.2. The molecule has 1 rings (SSSR count). The minimum atomic E-state index is -0.230. The molecule has 0 aliphatic carbocycles. The van der Waals surface area contributed by atoms with Gasteiger partial charge < -0.3 is 16.4 Å². The van der Waals surface area contributed by atoms with Gasteiger partial charge in [-0.15, -0.1) is 0 Å². The molecule has 0 aliphatic heterocycles. The van der Waals surface area contributed by atoms with Crippen molar-refractivity contribution in [3.8, 4) is 0 Å². The minimum absolute atomic E-state index is 0.0603. The first-order valence-electron chi connectivity index (χ1n) is 5.79. The molecule has 4 N–H and O–H groups in total. The lowest BCUT2D eigenvalue weighted by molar-refractivity contribution is -0.120. The van der Waals surface area contributed by atoms with E-state index in [1.54, 1.807) is 12.1 Å². The molecule has 100 valence electrons. The molecule has 0 aromatic heterocycles. The van der Waals surface area contributed by atoms with Crippen LogP contribution in [0.1, 0.15) is 26.3 Å². The number of nitrogens with one attached hydrogen (secondary N) is 2. The van der Waals surface area contributed by atoms with Crippen LogP contribution in [-0.2, 0) is 4.79 Å². The molecule has 0 radical (unpaired) electrons. The number of amides is 1. The maximum atomic E-state index is 11.7. The van der Waals surface area contributed by atoms with Crippen LogP contribution in [0.3, 0.4) is 0 Å². The number of halogens is 1. The van der Waals surface area contributed by atoms with Gasteiger partial charge in [-0.05, 0) is 45.4 Å². The maximum Gasteiger partial charge on any atom is 0.239 e. The highest BCUT2D eigenvalue weighted by atomic mass is 35.5. The van der Waals surface area contributed by atoms with E-state index in [2.05, 4.69) is 10.6 Å². The number of carbonyl (C=O) groups excluding carboxylic acids is 1. The van der Waals surface area contributed by atoms with E-state index in [-0.39, 0.29) is 18.0 Å². The Labute approximate surface area is 113 Å². The molecule has 5 heteroatoms. The number of nitrogen functional groups attached to an aromatic ring is 1. The Morgan fingerprint density at radius 2 is 2.00 bits per heavy atom. The second kappa shape index (κ2) is 5.48. The molecule has 0 saturated heterocycles. The number of aryl methyl sites for hydroxylation is 1. The number of hydrogen-bond donors (Lipinski definition) is 3. The van der Waals surface area contributed by atoms with Crippen molar-refractivity contribution in [2.45, 2.75) is 33.2 Å². The smallest absolute Gasteiger partial charge is 0.239 e. The SMILES string of the molecule is Cc1cc(N)c(Cl)cc1NCC(=O)NC(C)(C)C. The first-order valence-corrected chi connectivity index (χ1v) is 6.17. The fourth-order valence-electron chi connectivity index (χ4n) is 1.53. The molecule has 0 bridgehead atoms. The lowest BCUT2D eigenvalue weighted by Gasteiger charge is -2.21. The summed E-state index contributed by atoms with van der Waals surface area (Å²) in [6.45, 7) is 7.94. The van der Waals surface area contributed by atoms with Gasteiger partial charge in [0.15, 0.2) is 0 Å². The molecular formula is C13H20ClN3O. The average Bonchev–Trinajstić information content (AvgIpc) is 2.19. The predicted molar refractivity (Wildman–Crippen MR) is 77.0 cm³/mol. The van der Waals surface area contributed by atoms with E-state index in [4.69, 9.17) is 17.3 Å². The van der Waals surface area contributed by atoms with Crippen molar-refractivity contribution in [2.24, 2.45) is 0 Å². The van der Waals surface area contributed by atoms with E-state index in [0.717, 1.165) is 11.3 Å². The maximum absolute atomic E-state index is 11.7. The van der Waals surface area contributed by atoms with Crippen LogP contribution in [0.15, 0.2) is 12.1 Å². The van der Waals surface area contributed by atoms with Gasteiger partial charge in [-0.25, -0.2) is 0 Å². The van der Waals surface area contributed by atoms with Crippen LogP contribution in [0.4, 0.5) is 11.4 Å². The third kappa shape index (κ3) is 4.45. The largest absolute Gasteiger partial charge is 0.398 e. The zero-order chi connectivity index (χ0) is 13.9. The van der Waals surface area contributed by atoms with E-state index in [1.165, 1.54) is 0 Å². The lowest BCUT2D eigenvalue weighted by atomic mass is 10.1. The molecule has 1 aromatic carbocycles. The average molecular weight is 270 g/mol. The van der Waals surface area contributed by atoms with E-state index in [9.17, 15) is 4.79 Å². The summed E-state index contributed by atoms with van der Waals surface area (Å²) in [7, 11) is 0. The highest BCUT2D eigenvalue weighted by Gasteiger charge is 2.13. The Bertz CT molecular complexity index is 452. The van der Waals surface area contributed by atoms with E-state index in [1.807, 2.05) is 27.7 Å². The first-order chi connectivity index (χ1) is 8.19. The Morgan fingerprint density at radius 1 is 1.39 bits per heavy atom. The summed E-state index contributed by atoms with van der Waals surface area (Å²) >= 11 is 5.94. The van der Waals surface area contributed by atoms with Crippen LogP contribution < -0.4 is 16.4 Å².